The molecule has 0 radical (unpaired) electrons. The van der Waals surface area contributed by atoms with E-state index in [0.717, 1.165) is 27.5 Å². The van der Waals surface area contributed by atoms with Gasteiger partial charge in [0, 0.05) is 21.5 Å². The molecule has 0 saturated heterocycles. The molecule has 3 aromatic carbocycles. The topological polar surface area (TPSA) is 97.4 Å². The van der Waals surface area contributed by atoms with Gasteiger partial charge in [0.2, 0.25) is 5.91 Å². The molecule has 0 aliphatic rings. The van der Waals surface area contributed by atoms with Crippen LogP contribution in [0.2, 0.25) is 0 Å². The summed E-state index contributed by atoms with van der Waals surface area (Å²) in [5.74, 6) is 0.798. The van der Waals surface area contributed by atoms with Crippen LogP contribution in [0.25, 0.3) is 11.3 Å². The second-order valence-electron chi connectivity index (χ2n) is 7.55. The van der Waals surface area contributed by atoms with Crippen LogP contribution in [0.1, 0.15) is 5.56 Å². The molecule has 0 aliphatic carbocycles. The predicted octanol–water partition coefficient (Wildman–Crippen LogP) is 5.66. The summed E-state index contributed by atoms with van der Waals surface area (Å²) in [6.45, 7) is 1.90. The molecule has 10 heteroatoms. The van der Waals surface area contributed by atoms with E-state index in [9.17, 15) is 13.2 Å². The Labute approximate surface area is 212 Å². The molecular weight excluding hydrogens is 502 g/mol. The molecule has 0 unspecified atom stereocenters. The number of aromatic nitrogens is 1. The number of thioether (sulfide) groups is 1. The van der Waals surface area contributed by atoms with Gasteiger partial charge in [-0.2, -0.15) is 0 Å². The first-order valence-electron chi connectivity index (χ1n) is 10.5. The van der Waals surface area contributed by atoms with Crippen LogP contribution in [0.15, 0.2) is 88.0 Å². The van der Waals surface area contributed by atoms with Crippen molar-refractivity contribution in [1.82, 2.24) is 4.98 Å². The van der Waals surface area contributed by atoms with Gasteiger partial charge in [0.1, 0.15) is 5.75 Å². The van der Waals surface area contributed by atoms with Crippen molar-refractivity contribution in [1.29, 1.82) is 0 Å². The normalized spacial score (nSPS) is 11.1. The molecule has 1 amide bonds. The molecule has 2 N–H and O–H groups in total. The zero-order valence-electron chi connectivity index (χ0n) is 19.0. The molecule has 1 aromatic heterocycles. The molecule has 0 saturated carbocycles. The minimum absolute atomic E-state index is 0.171. The molecule has 7 nitrogen and oxygen atoms in total. The van der Waals surface area contributed by atoms with Gasteiger partial charge in [0.25, 0.3) is 10.0 Å². The van der Waals surface area contributed by atoms with Crippen LogP contribution in [0, 0.1) is 6.92 Å². The minimum Gasteiger partial charge on any atom is -0.497 e. The maximum absolute atomic E-state index is 12.5. The number of benzene rings is 3. The van der Waals surface area contributed by atoms with Crippen molar-refractivity contribution in [3.05, 3.63) is 83.7 Å². The lowest BCUT2D eigenvalue weighted by atomic mass is 10.2. The van der Waals surface area contributed by atoms with Crippen LogP contribution >= 0.6 is 23.1 Å². The Morgan fingerprint density at radius 3 is 2.34 bits per heavy atom. The van der Waals surface area contributed by atoms with Crippen LogP contribution in [0.3, 0.4) is 0 Å². The van der Waals surface area contributed by atoms with Crippen molar-refractivity contribution in [2.45, 2.75) is 16.7 Å². The number of aryl methyl sites for hydroxylation is 1. The Bertz CT molecular complexity index is 1400. The Kier molecular flexibility index (Phi) is 7.74. The summed E-state index contributed by atoms with van der Waals surface area (Å²) < 4.78 is 32.8. The van der Waals surface area contributed by atoms with Crippen LogP contribution < -0.4 is 14.8 Å². The number of hydrogen-bond acceptors (Lipinski definition) is 7. The van der Waals surface area contributed by atoms with Crippen LogP contribution in [0.5, 0.6) is 5.75 Å². The van der Waals surface area contributed by atoms with Crippen molar-refractivity contribution < 1.29 is 17.9 Å². The van der Waals surface area contributed by atoms with Gasteiger partial charge < -0.3 is 10.1 Å². The van der Waals surface area contributed by atoms with Gasteiger partial charge >= 0.3 is 0 Å². The Morgan fingerprint density at radius 1 is 1.00 bits per heavy atom. The van der Waals surface area contributed by atoms with Gasteiger partial charge in [-0.3, -0.25) is 9.52 Å². The van der Waals surface area contributed by atoms with Gasteiger partial charge in [0.05, 0.1) is 23.5 Å². The van der Waals surface area contributed by atoms with E-state index < -0.39 is 10.0 Å². The van der Waals surface area contributed by atoms with Crippen molar-refractivity contribution >= 4 is 49.8 Å². The van der Waals surface area contributed by atoms with E-state index in [0.29, 0.717) is 10.8 Å². The maximum atomic E-state index is 12.5. The highest BCUT2D eigenvalue weighted by atomic mass is 32.2. The monoisotopic (exact) mass is 525 g/mol. The van der Waals surface area contributed by atoms with Crippen LogP contribution in [0.4, 0.5) is 10.8 Å². The highest BCUT2D eigenvalue weighted by molar-refractivity contribution is 8.00. The number of rotatable bonds is 9. The van der Waals surface area contributed by atoms with Gasteiger partial charge in [-0.15, -0.1) is 23.1 Å². The first kappa shape index (κ1) is 24.8. The molecule has 35 heavy (non-hydrogen) atoms. The van der Waals surface area contributed by atoms with Crippen LogP contribution in [-0.4, -0.2) is 32.2 Å². The van der Waals surface area contributed by atoms with Crippen molar-refractivity contribution in [3.8, 4) is 17.0 Å². The highest BCUT2D eigenvalue weighted by Gasteiger charge is 2.14. The lowest BCUT2D eigenvalue weighted by Crippen LogP contribution is -2.14. The van der Waals surface area contributed by atoms with Crippen LogP contribution in [-0.2, 0) is 14.8 Å². The largest absolute Gasteiger partial charge is 0.497 e. The van der Waals surface area contributed by atoms with E-state index in [1.807, 2.05) is 36.6 Å². The number of ether oxygens (including phenoxy) is 1. The molecule has 1 heterocycles. The van der Waals surface area contributed by atoms with E-state index >= 15 is 0 Å². The van der Waals surface area contributed by atoms with E-state index in [1.165, 1.54) is 23.1 Å². The number of carbonyl (C=O) groups is 1. The first-order chi connectivity index (χ1) is 16.8. The number of methoxy groups -OCH3 is 1. The molecule has 0 fully saturated rings. The summed E-state index contributed by atoms with van der Waals surface area (Å²) in [5.41, 5.74) is 3.16. The number of hydrogen-bond donors (Lipinski definition) is 2. The quantitative estimate of drug-likeness (QED) is 0.274. The maximum Gasteiger partial charge on any atom is 0.261 e. The average molecular weight is 526 g/mol. The van der Waals surface area contributed by atoms with Gasteiger partial charge in [-0.25, -0.2) is 13.4 Å². The van der Waals surface area contributed by atoms with E-state index in [2.05, 4.69) is 15.0 Å². The molecule has 4 aromatic rings. The third-order valence-corrected chi connectivity index (χ3v) is 8.11. The summed E-state index contributed by atoms with van der Waals surface area (Å²) in [5, 5.41) is 5.24. The first-order valence-corrected chi connectivity index (χ1v) is 13.9. The predicted molar refractivity (Wildman–Crippen MR) is 142 cm³/mol. The minimum atomic E-state index is -3.66. The van der Waals surface area contributed by atoms with E-state index in [4.69, 9.17) is 4.74 Å². The SMILES string of the molecule is COc1ccc(-c2csc(NC(=O)CSc3ccc(NS(=O)(=O)c4ccc(C)cc4)cc3)n2)cc1. The third kappa shape index (κ3) is 6.62. The Hall–Kier alpha value is -3.34. The summed E-state index contributed by atoms with van der Waals surface area (Å²) in [7, 11) is -2.04. The number of anilines is 2. The number of nitrogens with one attached hydrogen (secondary N) is 2. The smallest absolute Gasteiger partial charge is 0.261 e. The number of carbonyl (C=O) groups excluding carboxylic acids is 1. The van der Waals surface area contributed by atoms with E-state index in [-0.39, 0.29) is 16.6 Å². The Balaban J connectivity index is 1.29. The fourth-order valence-electron chi connectivity index (χ4n) is 3.08. The molecule has 180 valence electrons. The highest BCUT2D eigenvalue weighted by Crippen LogP contribution is 2.27. The zero-order valence-corrected chi connectivity index (χ0v) is 21.5. The second kappa shape index (κ2) is 10.9. The van der Waals surface area contributed by atoms with Gasteiger partial charge in [-0.1, -0.05) is 17.7 Å². The summed E-state index contributed by atoms with van der Waals surface area (Å²) >= 11 is 2.72. The van der Waals surface area contributed by atoms with Crippen molar-refractivity contribution in [2.75, 3.05) is 22.9 Å². The fourth-order valence-corrected chi connectivity index (χ4v) is 5.57. The molecule has 0 aliphatic heterocycles. The molecule has 4 rings (SSSR count). The molecule has 0 bridgehead atoms. The van der Waals surface area contributed by atoms with Gasteiger partial charge in [0.15, 0.2) is 5.13 Å². The standard InChI is InChI=1S/C25H23N3O4S3/c1-17-3-13-22(14-4-17)35(30,31)28-19-7-11-21(12-8-19)33-16-24(29)27-25-26-23(15-34-25)18-5-9-20(32-2)10-6-18/h3-15,28H,16H2,1-2H3,(H,26,27,29). The molecule has 0 atom stereocenters. The number of amides is 1. The molecule has 0 spiro atoms. The zero-order chi connectivity index (χ0) is 24.8. The third-order valence-electron chi connectivity index (χ3n) is 4.94. The van der Waals surface area contributed by atoms with Gasteiger partial charge in [-0.05, 0) is 67.6 Å². The van der Waals surface area contributed by atoms with Crippen molar-refractivity contribution in [2.24, 2.45) is 0 Å². The number of nitrogens with zero attached hydrogens (tertiary/aromatic N) is 1. The van der Waals surface area contributed by atoms with E-state index in [1.54, 1.807) is 55.6 Å². The Morgan fingerprint density at radius 2 is 1.69 bits per heavy atom. The summed E-state index contributed by atoms with van der Waals surface area (Å²) in [6, 6.07) is 21.1. The number of thiazole rings is 1. The summed E-state index contributed by atoms with van der Waals surface area (Å²) in [4.78, 5) is 17.9. The van der Waals surface area contributed by atoms with Crippen molar-refractivity contribution in [3.63, 3.8) is 0 Å². The molecular formula is C25H23N3O4S3. The fraction of sp³-hybridized carbons (Fsp3) is 0.120. The lowest BCUT2D eigenvalue weighted by molar-refractivity contribution is -0.113. The second-order valence-corrected chi connectivity index (χ2v) is 11.1. The number of sulfonamides is 1. The summed E-state index contributed by atoms with van der Waals surface area (Å²) in [6.07, 6.45) is 0. The lowest BCUT2D eigenvalue weighted by Gasteiger charge is -2.09. The average Bonchev–Trinajstić information content (AvgIpc) is 3.32.